The van der Waals surface area contributed by atoms with E-state index in [1.54, 1.807) is 0 Å². The van der Waals surface area contributed by atoms with E-state index in [0.29, 0.717) is 29.5 Å². The van der Waals surface area contributed by atoms with Gasteiger partial charge in [-0.1, -0.05) is 46.7 Å². The van der Waals surface area contributed by atoms with Crippen LogP contribution < -0.4 is 16.0 Å². The number of amides is 1. The molecule has 2 aromatic heterocycles. The molecule has 36 heteroatoms. The molecule has 5 aromatic carbocycles. The van der Waals surface area contributed by atoms with Crippen molar-refractivity contribution in [3.63, 3.8) is 0 Å². The highest BCUT2D eigenvalue weighted by atomic mass is 35.5. The molecule has 2 heterocycles. The molecule has 28 nitrogen and oxygen atoms in total. The third-order valence-electron chi connectivity index (χ3n) is 10.8. The molecule has 414 valence electrons. The van der Waals surface area contributed by atoms with Gasteiger partial charge in [-0.05, 0) is 85.3 Å². The van der Waals surface area contributed by atoms with Crippen molar-refractivity contribution >= 4 is 158 Å². The van der Waals surface area contributed by atoms with Gasteiger partial charge in [-0.3, -0.25) is 32.4 Å². The van der Waals surface area contributed by atoms with Gasteiger partial charge in [-0.15, -0.1) is 20.5 Å². The summed E-state index contributed by atoms with van der Waals surface area (Å²) in [6, 6.07) is 18.0. The Labute approximate surface area is 465 Å². The minimum absolute atomic E-state index is 0.0516. The topological polar surface area (TPSA) is 472 Å². The van der Waals surface area contributed by atoms with Crippen molar-refractivity contribution < 1.29 is 79.5 Å². The molecule has 0 saturated carbocycles. The van der Waals surface area contributed by atoms with Crippen molar-refractivity contribution in [1.29, 1.82) is 10.5 Å². The van der Waals surface area contributed by atoms with Crippen molar-refractivity contribution in [3.05, 3.63) is 112 Å². The van der Waals surface area contributed by atoms with Crippen LogP contribution in [0, 0.1) is 29.6 Å². The summed E-state index contributed by atoms with van der Waals surface area (Å²) in [4.78, 5) is 23.1. The Kier molecular flexibility index (Phi) is 16.9. The Balaban J connectivity index is 1.46. The maximum atomic E-state index is 12.7. The summed E-state index contributed by atoms with van der Waals surface area (Å²) < 4.78 is 173. The van der Waals surface area contributed by atoms with E-state index >= 15 is 0 Å². The average Bonchev–Trinajstić information content (AvgIpc) is 3.71. The number of aliphatic carboxylic acids is 1. The molecule has 0 unspecified atom stereocenters. The van der Waals surface area contributed by atoms with Gasteiger partial charge in [0.2, 0.25) is 5.91 Å². The quantitative estimate of drug-likeness (QED) is 0.0285. The van der Waals surface area contributed by atoms with Crippen LogP contribution in [-0.2, 0) is 60.2 Å². The SMILES string of the molecule is Cc1c(C#N)c(Nc2ccc(Cl)c(S(=O)(=O)O)c2)nc(Nc2ccc(Cl)c(S(=O)(=O)O)c2)c1N=Nc1sc(N=Nc2cc(S(=O)(=O)O)c3cc(S(=O)(=O)O)cc(S(=O)(=O)O)c3c2)c(-c2cccc(NC(=O)CCC(=O)O)c2)c1C#N. The highest BCUT2D eigenvalue weighted by Crippen LogP contribution is 2.49. The number of azo groups is 2. The van der Waals surface area contributed by atoms with Crippen molar-refractivity contribution in [2.45, 2.75) is 44.2 Å². The first-order valence-electron chi connectivity index (χ1n) is 21.3. The van der Waals surface area contributed by atoms with Gasteiger partial charge >= 0.3 is 5.97 Å². The normalized spacial score (nSPS) is 12.4. The Morgan fingerprint density at radius 3 is 1.68 bits per heavy atom. The fourth-order valence-corrected chi connectivity index (χ4v) is 12.2. The number of nitriles is 2. The third-order valence-corrected chi connectivity index (χ3v) is 17.0. The van der Waals surface area contributed by atoms with Crippen LogP contribution in [-0.4, -0.2) is 86.8 Å². The molecule has 0 bridgehead atoms. The number of benzene rings is 5. The van der Waals surface area contributed by atoms with Crippen LogP contribution in [0.25, 0.3) is 21.9 Å². The lowest BCUT2D eigenvalue weighted by atomic mass is 10.0. The molecular formula is C44H30Cl2N10O18S6. The fourth-order valence-electron chi connectivity index (χ4n) is 7.27. The fraction of sp³-hybridized carbons (Fsp3) is 0.0682. The first kappa shape index (κ1) is 59.7. The van der Waals surface area contributed by atoms with Crippen LogP contribution in [0.2, 0.25) is 10.0 Å². The van der Waals surface area contributed by atoms with E-state index in [1.165, 1.54) is 43.3 Å². The van der Waals surface area contributed by atoms with Gasteiger partial charge in [0, 0.05) is 45.4 Å². The van der Waals surface area contributed by atoms with Gasteiger partial charge < -0.3 is 21.1 Å². The van der Waals surface area contributed by atoms with Gasteiger partial charge in [-0.25, -0.2) is 4.98 Å². The van der Waals surface area contributed by atoms with Crippen molar-refractivity contribution in [2.75, 3.05) is 16.0 Å². The Morgan fingerprint density at radius 1 is 0.600 bits per heavy atom. The number of rotatable bonds is 18. The largest absolute Gasteiger partial charge is 0.481 e. The number of carboxylic acid groups (broad SMARTS) is 1. The summed E-state index contributed by atoms with van der Waals surface area (Å²) in [5, 5.41) is 52.2. The molecular weight excluding hydrogens is 1220 g/mol. The molecule has 80 heavy (non-hydrogen) atoms. The molecule has 0 atom stereocenters. The molecule has 0 aliphatic carbocycles. The zero-order chi connectivity index (χ0) is 59.0. The summed E-state index contributed by atoms with van der Waals surface area (Å²) >= 11 is 12.6. The summed E-state index contributed by atoms with van der Waals surface area (Å²) in [5.41, 5.74) is -1.92. The van der Waals surface area contributed by atoms with E-state index in [0.717, 1.165) is 30.3 Å². The maximum absolute atomic E-state index is 12.7. The van der Waals surface area contributed by atoms with Gasteiger partial charge in [0.1, 0.15) is 48.0 Å². The van der Waals surface area contributed by atoms with Crippen LogP contribution in [0.15, 0.2) is 130 Å². The van der Waals surface area contributed by atoms with Crippen LogP contribution in [0.4, 0.5) is 50.1 Å². The molecule has 0 saturated heterocycles. The molecule has 0 aliphatic heterocycles. The number of thiophene rings is 1. The van der Waals surface area contributed by atoms with Crippen LogP contribution in [0.3, 0.4) is 0 Å². The molecule has 0 radical (unpaired) electrons. The summed E-state index contributed by atoms with van der Waals surface area (Å²) in [7, 11) is -26.0. The standard InChI is InChI=1S/C44H30Cl2N10O18S6/c1-20-29(18-47)41(50-23-5-7-31(45)35(13-23)79(69,70)71)52-42(51-24-6-8-32(46)36(14-24)80(72,73)74)40(20)54-55-43-30(19-48)39(21-3-2-4-22(11-21)49-37(57)9-10-38(58)59)44(75-43)56-53-25-12-27-28(33(15-25)77(63,64)65)16-26(76(60,61)62)17-34(27)78(66,67)68/h2-8,11-17H,9-10H2,1H3,(H,49,57)(H,58,59)(H2,50,51,52)(H,60,61,62)(H,63,64,65)(H,66,67,68)(H,69,70,71)(H,72,73,74). The van der Waals surface area contributed by atoms with Gasteiger partial charge in [0.15, 0.2) is 16.6 Å². The number of pyridine rings is 1. The highest BCUT2D eigenvalue weighted by molar-refractivity contribution is 7.87. The lowest BCUT2D eigenvalue weighted by molar-refractivity contribution is -0.138. The summed E-state index contributed by atoms with van der Waals surface area (Å²) in [6.45, 7) is 1.34. The molecule has 7 rings (SSSR count). The van der Waals surface area contributed by atoms with Gasteiger partial charge in [-0.2, -0.15) is 52.6 Å². The highest BCUT2D eigenvalue weighted by Gasteiger charge is 2.28. The number of carbonyl (C=O) groups is 2. The first-order chi connectivity index (χ1) is 37.2. The predicted octanol–water partition coefficient (Wildman–Crippen LogP) is 9.68. The lowest BCUT2D eigenvalue weighted by Crippen LogP contribution is -2.13. The van der Waals surface area contributed by atoms with Crippen molar-refractivity contribution in [2.24, 2.45) is 20.5 Å². The monoisotopic (exact) mass is 1250 g/mol. The lowest BCUT2D eigenvalue weighted by Gasteiger charge is -2.16. The van der Waals surface area contributed by atoms with E-state index in [2.05, 4.69) is 41.4 Å². The Hall–Kier alpha value is -7.94. The summed E-state index contributed by atoms with van der Waals surface area (Å²) in [6.07, 6.45) is -0.993. The number of nitrogens with zero attached hydrogens (tertiary/aromatic N) is 7. The van der Waals surface area contributed by atoms with Crippen LogP contribution in [0.5, 0.6) is 0 Å². The number of nitrogens with one attached hydrogen (secondary N) is 3. The number of carboxylic acids is 1. The Bertz CT molecular complexity index is 4570. The average molecular weight is 1250 g/mol. The number of aromatic nitrogens is 1. The zero-order valence-electron chi connectivity index (χ0n) is 39.4. The molecule has 0 aliphatic rings. The van der Waals surface area contributed by atoms with Crippen molar-refractivity contribution in [3.8, 4) is 23.3 Å². The summed E-state index contributed by atoms with van der Waals surface area (Å²) in [5.74, 6) is -2.69. The number of anilines is 5. The van der Waals surface area contributed by atoms with Crippen LogP contribution in [0.1, 0.15) is 29.5 Å². The van der Waals surface area contributed by atoms with E-state index in [1.807, 2.05) is 12.1 Å². The second-order valence-corrected chi connectivity index (χ2v) is 24.9. The van der Waals surface area contributed by atoms with E-state index in [4.69, 9.17) is 28.3 Å². The van der Waals surface area contributed by atoms with Gasteiger partial charge in [0.25, 0.3) is 50.6 Å². The van der Waals surface area contributed by atoms with E-state index < -0.39 is 121 Å². The first-order valence-corrected chi connectivity index (χ1v) is 30.0. The smallest absolute Gasteiger partial charge is 0.303 e. The third kappa shape index (κ3) is 13.5. The molecule has 7 aromatic rings. The zero-order valence-corrected chi connectivity index (χ0v) is 45.8. The molecule has 0 spiro atoms. The number of carbonyl (C=O) groups excluding carboxylic acids is 1. The number of halogens is 2. The van der Waals surface area contributed by atoms with Gasteiger partial charge in [0.05, 0.1) is 32.6 Å². The second kappa shape index (κ2) is 22.7. The minimum atomic E-state index is -5.46. The molecule has 0 fully saturated rings. The number of hydrogen-bond acceptors (Lipinski definition) is 22. The molecule has 9 N–H and O–H groups in total. The van der Waals surface area contributed by atoms with Crippen molar-refractivity contribution in [1.82, 2.24) is 4.98 Å². The van der Waals surface area contributed by atoms with E-state index in [9.17, 15) is 85.0 Å². The number of hydrogen-bond donors (Lipinski definition) is 9. The minimum Gasteiger partial charge on any atom is -0.481 e. The molecule has 1 amide bonds. The second-order valence-electron chi connectivity index (χ2n) is 16.1. The van der Waals surface area contributed by atoms with E-state index in [-0.39, 0.29) is 77.2 Å². The Morgan fingerprint density at radius 2 is 1.14 bits per heavy atom. The number of fused-ring (bicyclic) bond motifs is 1. The predicted molar refractivity (Wildman–Crippen MR) is 285 cm³/mol. The van der Waals surface area contributed by atoms with Crippen LogP contribution >= 0.6 is 34.5 Å². The maximum Gasteiger partial charge on any atom is 0.303 e.